The molecule has 3 heteroatoms. The molecule has 1 unspecified atom stereocenters. The third kappa shape index (κ3) is 34.5. The van der Waals surface area contributed by atoms with E-state index in [0.29, 0.717) is 6.54 Å². The summed E-state index contributed by atoms with van der Waals surface area (Å²) in [4.78, 5) is 0. The Morgan fingerprint density at radius 1 is 1.62 bits per heavy atom. The van der Waals surface area contributed by atoms with Gasteiger partial charge in [0.15, 0.2) is 0 Å². The van der Waals surface area contributed by atoms with Gasteiger partial charge in [0.25, 0.3) is 0 Å². The number of nitrogens with two attached hydrogens (primary N) is 1. The van der Waals surface area contributed by atoms with E-state index in [1.165, 1.54) is 0 Å². The molecule has 0 rings (SSSR count). The third-order valence-corrected chi connectivity index (χ3v) is 0.503. The summed E-state index contributed by atoms with van der Waals surface area (Å²) < 4.78 is 0. The maximum absolute atomic E-state index is 5.34. The van der Waals surface area contributed by atoms with Crippen molar-refractivity contribution < 1.29 is 0 Å². The van der Waals surface area contributed by atoms with E-state index >= 15 is 0 Å². The fourth-order valence-electron chi connectivity index (χ4n) is 0. The van der Waals surface area contributed by atoms with Crippen molar-refractivity contribution in [3.63, 3.8) is 0 Å². The molecule has 0 bridgehead atoms. The fourth-order valence-corrected chi connectivity index (χ4v) is 0. The van der Waals surface area contributed by atoms with Gasteiger partial charge in [-0.3, -0.25) is 0 Å². The minimum Gasteiger partial charge on any atom is -0.329 e. The number of nitrogens with one attached hydrogen (secondary N) is 1. The molecule has 8 heavy (non-hydrogen) atoms. The number of hydrogen-bond donors (Lipinski definition) is 2. The lowest BCUT2D eigenvalue weighted by atomic mass is 10.5. The SMILES string of the molecule is CC(Cl)CN.CNC. The summed E-state index contributed by atoms with van der Waals surface area (Å²) in [6, 6.07) is 0. The third-order valence-electron chi connectivity index (χ3n) is 0.325. The molecule has 3 N–H and O–H groups in total. The molecule has 2 nitrogen and oxygen atoms in total. The number of halogens is 1. The molecule has 0 spiro atoms. The Hall–Kier alpha value is 0.210. The Bertz CT molecular complexity index is 31.6. The quantitative estimate of drug-likeness (QED) is 0.515. The van der Waals surface area contributed by atoms with Gasteiger partial charge in [0.1, 0.15) is 0 Å². The van der Waals surface area contributed by atoms with Crippen molar-refractivity contribution in [3.05, 3.63) is 0 Å². The van der Waals surface area contributed by atoms with Crippen molar-refractivity contribution in [1.82, 2.24) is 5.32 Å². The van der Waals surface area contributed by atoms with Crippen LogP contribution in [0.2, 0.25) is 0 Å². The second kappa shape index (κ2) is 10.2. The topological polar surface area (TPSA) is 38.0 Å². The van der Waals surface area contributed by atoms with Gasteiger partial charge in [-0.2, -0.15) is 0 Å². The minimum atomic E-state index is 0.134. The summed E-state index contributed by atoms with van der Waals surface area (Å²) in [5.74, 6) is 0. The summed E-state index contributed by atoms with van der Waals surface area (Å²) in [7, 11) is 3.75. The molecule has 0 aliphatic carbocycles. The predicted octanol–water partition coefficient (Wildman–Crippen LogP) is 0.408. The molecular formula is C5H15ClN2. The Balaban J connectivity index is 0. The Morgan fingerprint density at radius 3 is 1.75 bits per heavy atom. The Kier molecular flexibility index (Phi) is 14.2. The molecule has 0 saturated carbocycles. The zero-order chi connectivity index (χ0) is 6.99. The number of hydrogen-bond acceptors (Lipinski definition) is 2. The first-order chi connectivity index (χ1) is 3.68. The van der Waals surface area contributed by atoms with E-state index in [1.54, 1.807) is 0 Å². The zero-order valence-electron chi connectivity index (χ0n) is 5.74. The lowest BCUT2D eigenvalue weighted by Crippen LogP contribution is -2.08. The standard InChI is InChI=1S/C3H8ClN.C2H7N/c1-3(4)2-5;1-3-2/h3H,2,5H2,1H3;3H,1-2H3. The predicted molar refractivity (Wildman–Crippen MR) is 39.4 cm³/mol. The molecular weight excluding hydrogens is 124 g/mol. The van der Waals surface area contributed by atoms with E-state index in [0.717, 1.165) is 0 Å². The van der Waals surface area contributed by atoms with Gasteiger partial charge in [-0.15, -0.1) is 11.6 Å². The first kappa shape index (κ1) is 11.1. The van der Waals surface area contributed by atoms with Crippen molar-refractivity contribution in [2.45, 2.75) is 12.3 Å². The molecule has 1 atom stereocenters. The number of alkyl halides is 1. The van der Waals surface area contributed by atoms with Gasteiger partial charge in [-0.25, -0.2) is 0 Å². The highest BCUT2D eigenvalue weighted by Gasteiger charge is 1.83. The van der Waals surface area contributed by atoms with Gasteiger partial charge in [0.2, 0.25) is 0 Å². The lowest BCUT2D eigenvalue weighted by Gasteiger charge is -1.88. The molecule has 0 aromatic heterocycles. The molecule has 0 fully saturated rings. The fraction of sp³-hybridized carbons (Fsp3) is 1.00. The average Bonchev–Trinajstić information content (AvgIpc) is 1.69. The lowest BCUT2D eigenvalue weighted by molar-refractivity contribution is 0.941. The van der Waals surface area contributed by atoms with Gasteiger partial charge in [0, 0.05) is 11.9 Å². The van der Waals surface area contributed by atoms with Gasteiger partial charge < -0.3 is 11.1 Å². The van der Waals surface area contributed by atoms with E-state index in [1.807, 2.05) is 21.0 Å². The molecule has 0 heterocycles. The van der Waals surface area contributed by atoms with Crippen molar-refractivity contribution in [2.24, 2.45) is 5.73 Å². The molecule has 52 valence electrons. The van der Waals surface area contributed by atoms with Crippen LogP contribution in [0.1, 0.15) is 6.92 Å². The van der Waals surface area contributed by atoms with E-state index in [-0.39, 0.29) is 5.38 Å². The van der Waals surface area contributed by atoms with Crippen LogP contribution in [0.15, 0.2) is 0 Å². The summed E-state index contributed by atoms with van der Waals surface area (Å²) in [5, 5.41) is 2.88. The Labute approximate surface area is 56.4 Å². The highest BCUT2D eigenvalue weighted by atomic mass is 35.5. The van der Waals surface area contributed by atoms with Crippen molar-refractivity contribution in [3.8, 4) is 0 Å². The van der Waals surface area contributed by atoms with Crippen LogP contribution in [0.4, 0.5) is 0 Å². The highest BCUT2D eigenvalue weighted by Crippen LogP contribution is 1.84. The highest BCUT2D eigenvalue weighted by molar-refractivity contribution is 6.20. The molecule has 0 amide bonds. The van der Waals surface area contributed by atoms with E-state index in [2.05, 4.69) is 5.32 Å². The first-order valence-electron chi connectivity index (χ1n) is 2.61. The second-order valence-electron chi connectivity index (χ2n) is 1.52. The normalized spacial score (nSPS) is 11.6. The smallest absolute Gasteiger partial charge is 0.0430 e. The van der Waals surface area contributed by atoms with E-state index in [4.69, 9.17) is 17.3 Å². The van der Waals surface area contributed by atoms with Crippen LogP contribution < -0.4 is 11.1 Å². The molecule has 0 radical (unpaired) electrons. The van der Waals surface area contributed by atoms with Gasteiger partial charge in [-0.05, 0) is 21.0 Å². The zero-order valence-corrected chi connectivity index (χ0v) is 6.50. The van der Waals surface area contributed by atoms with Crippen LogP contribution >= 0.6 is 11.6 Å². The van der Waals surface area contributed by atoms with E-state index < -0.39 is 0 Å². The van der Waals surface area contributed by atoms with Crippen molar-refractivity contribution >= 4 is 11.6 Å². The minimum absolute atomic E-state index is 0.134. The maximum Gasteiger partial charge on any atom is 0.0430 e. The molecule has 0 aromatic carbocycles. The molecule has 0 aliphatic rings. The monoisotopic (exact) mass is 138 g/mol. The Morgan fingerprint density at radius 2 is 1.75 bits per heavy atom. The van der Waals surface area contributed by atoms with Gasteiger partial charge >= 0.3 is 0 Å². The van der Waals surface area contributed by atoms with Crippen LogP contribution in [-0.4, -0.2) is 26.0 Å². The molecule has 0 aliphatic heterocycles. The van der Waals surface area contributed by atoms with Crippen LogP contribution in [0.3, 0.4) is 0 Å². The van der Waals surface area contributed by atoms with Crippen LogP contribution in [0.5, 0.6) is 0 Å². The van der Waals surface area contributed by atoms with Crippen LogP contribution in [-0.2, 0) is 0 Å². The summed E-state index contributed by atoms with van der Waals surface area (Å²) in [6.45, 7) is 2.43. The first-order valence-corrected chi connectivity index (χ1v) is 3.05. The summed E-state index contributed by atoms with van der Waals surface area (Å²) >= 11 is 5.34. The van der Waals surface area contributed by atoms with Gasteiger partial charge in [-0.1, -0.05) is 0 Å². The molecule has 0 saturated heterocycles. The van der Waals surface area contributed by atoms with Crippen molar-refractivity contribution in [2.75, 3.05) is 20.6 Å². The number of rotatable bonds is 1. The maximum atomic E-state index is 5.34. The summed E-state index contributed by atoms with van der Waals surface area (Å²) in [6.07, 6.45) is 0. The van der Waals surface area contributed by atoms with Crippen LogP contribution in [0.25, 0.3) is 0 Å². The average molecular weight is 139 g/mol. The van der Waals surface area contributed by atoms with Gasteiger partial charge in [0.05, 0.1) is 0 Å². The largest absolute Gasteiger partial charge is 0.329 e. The van der Waals surface area contributed by atoms with Crippen LogP contribution in [0, 0.1) is 0 Å². The second-order valence-corrected chi connectivity index (χ2v) is 2.26. The van der Waals surface area contributed by atoms with Crippen molar-refractivity contribution in [1.29, 1.82) is 0 Å². The summed E-state index contributed by atoms with van der Waals surface area (Å²) in [5.41, 5.74) is 5.04. The molecule has 0 aromatic rings. The van der Waals surface area contributed by atoms with E-state index in [9.17, 15) is 0 Å².